The van der Waals surface area contributed by atoms with Gasteiger partial charge in [0.15, 0.2) is 0 Å². The Balaban J connectivity index is 3.06. The van der Waals surface area contributed by atoms with Crippen molar-refractivity contribution >= 4 is 0 Å². The minimum atomic E-state index is 0.574. The predicted molar refractivity (Wildman–Crippen MR) is 112 cm³/mol. The first-order valence-electron chi connectivity index (χ1n) is 11.0. The van der Waals surface area contributed by atoms with Gasteiger partial charge in [0.25, 0.3) is 0 Å². The molecular weight excluding hydrogens is 304 g/mol. The molecule has 0 saturated carbocycles. The van der Waals surface area contributed by atoms with E-state index >= 15 is 0 Å². The van der Waals surface area contributed by atoms with E-state index in [1.165, 1.54) is 87.3 Å². The maximum atomic E-state index is 10.8. The molecule has 1 aromatic rings. The minimum absolute atomic E-state index is 0.574. The molecule has 1 N–H and O–H groups in total. The quantitative estimate of drug-likeness (QED) is 0.345. The molecule has 1 aromatic carbocycles. The Labute approximate surface area is 157 Å². The second-order valence-corrected chi connectivity index (χ2v) is 7.61. The van der Waals surface area contributed by atoms with E-state index in [1.807, 2.05) is 0 Å². The first-order chi connectivity index (χ1) is 12.2. The molecule has 1 heteroatoms. The molecule has 25 heavy (non-hydrogen) atoms. The summed E-state index contributed by atoms with van der Waals surface area (Å²) in [4.78, 5) is 0. The Hall–Kier alpha value is -0.980. The van der Waals surface area contributed by atoms with Gasteiger partial charge in [0.1, 0.15) is 5.75 Å². The van der Waals surface area contributed by atoms with E-state index in [2.05, 4.69) is 33.8 Å². The molecule has 0 aliphatic heterocycles. The van der Waals surface area contributed by atoms with E-state index in [-0.39, 0.29) is 0 Å². The summed E-state index contributed by atoms with van der Waals surface area (Å²) in [6, 6.07) is 2.11. The summed E-state index contributed by atoms with van der Waals surface area (Å²) >= 11 is 0. The third kappa shape index (κ3) is 7.42. The average Bonchev–Trinajstić information content (AvgIpc) is 2.61. The van der Waals surface area contributed by atoms with Crippen LogP contribution in [0.25, 0.3) is 0 Å². The lowest BCUT2D eigenvalue weighted by atomic mass is 9.85. The smallest absolute Gasteiger partial charge is 0.119 e. The zero-order valence-corrected chi connectivity index (χ0v) is 17.4. The highest BCUT2D eigenvalue weighted by atomic mass is 16.3. The average molecular weight is 347 g/mol. The first kappa shape index (κ1) is 22.1. The van der Waals surface area contributed by atoms with Crippen molar-refractivity contribution in [2.75, 3.05) is 0 Å². The van der Waals surface area contributed by atoms with Crippen molar-refractivity contribution in [2.24, 2.45) is 0 Å². The van der Waals surface area contributed by atoms with Crippen LogP contribution in [0.15, 0.2) is 6.07 Å². The standard InChI is InChI=1S/C24H42O/c1-5-9-12-13-14-18-23-22(15-8-4)21(17-11-7-3)20(16-10-6-2)19-24(23)25/h19,25H,5-18H2,1-4H3. The number of phenolic OH excluding ortho intramolecular Hbond substituents is 1. The molecule has 0 spiro atoms. The number of rotatable bonds is 14. The third-order valence-corrected chi connectivity index (χ3v) is 5.35. The number of hydrogen-bond donors (Lipinski definition) is 1. The van der Waals surface area contributed by atoms with Gasteiger partial charge in [-0.05, 0) is 73.3 Å². The van der Waals surface area contributed by atoms with Crippen molar-refractivity contribution in [2.45, 2.75) is 118 Å². The molecule has 0 heterocycles. The highest BCUT2D eigenvalue weighted by Crippen LogP contribution is 2.33. The van der Waals surface area contributed by atoms with Crippen LogP contribution in [0, 0.1) is 0 Å². The van der Waals surface area contributed by atoms with Crippen LogP contribution >= 0.6 is 0 Å². The summed E-state index contributed by atoms with van der Waals surface area (Å²) in [5.41, 5.74) is 5.77. The molecule has 0 atom stereocenters. The van der Waals surface area contributed by atoms with E-state index in [9.17, 15) is 5.11 Å². The Morgan fingerprint density at radius 1 is 0.560 bits per heavy atom. The summed E-state index contributed by atoms with van der Waals surface area (Å²) in [6.45, 7) is 9.06. The lowest BCUT2D eigenvalue weighted by Crippen LogP contribution is -2.06. The number of phenols is 1. The SMILES string of the molecule is CCCCCCCc1c(O)cc(CCCC)c(CCCC)c1CCC. The number of aryl methyl sites for hydroxylation is 1. The van der Waals surface area contributed by atoms with E-state index < -0.39 is 0 Å². The van der Waals surface area contributed by atoms with Crippen LogP contribution in [0.2, 0.25) is 0 Å². The first-order valence-corrected chi connectivity index (χ1v) is 11.0. The van der Waals surface area contributed by atoms with Crippen molar-refractivity contribution in [3.63, 3.8) is 0 Å². The lowest BCUT2D eigenvalue weighted by Gasteiger charge is -2.21. The molecule has 0 unspecified atom stereocenters. The van der Waals surface area contributed by atoms with Gasteiger partial charge < -0.3 is 5.11 Å². The Morgan fingerprint density at radius 3 is 1.80 bits per heavy atom. The molecule has 0 aliphatic carbocycles. The fourth-order valence-corrected chi connectivity index (χ4v) is 3.86. The van der Waals surface area contributed by atoms with Crippen LogP contribution in [-0.2, 0) is 25.7 Å². The maximum Gasteiger partial charge on any atom is 0.119 e. The van der Waals surface area contributed by atoms with E-state index in [0.717, 1.165) is 19.3 Å². The zero-order chi connectivity index (χ0) is 18.5. The number of benzene rings is 1. The van der Waals surface area contributed by atoms with Crippen molar-refractivity contribution in [1.29, 1.82) is 0 Å². The molecular formula is C24H42O. The van der Waals surface area contributed by atoms with Crippen molar-refractivity contribution < 1.29 is 5.11 Å². The minimum Gasteiger partial charge on any atom is -0.508 e. The normalized spacial score (nSPS) is 11.2. The van der Waals surface area contributed by atoms with Gasteiger partial charge in [0.05, 0.1) is 0 Å². The van der Waals surface area contributed by atoms with E-state index in [0.29, 0.717) is 5.75 Å². The summed E-state index contributed by atoms with van der Waals surface area (Å²) in [5.74, 6) is 0.574. The van der Waals surface area contributed by atoms with Crippen molar-refractivity contribution in [3.05, 3.63) is 28.3 Å². The van der Waals surface area contributed by atoms with Gasteiger partial charge in [0, 0.05) is 0 Å². The number of unbranched alkanes of at least 4 members (excludes halogenated alkanes) is 6. The molecule has 0 radical (unpaired) electrons. The zero-order valence-electron chi connectivity index (χ0n) is 17.4. The van der Waals surface area contributed by atoms with Crippen LogP contribution in [0.1, 0.15) is 114 Å². The van der Waals surface area contributed by atoms with Crippen molar-refractivity contribution in [1.82, 2.24) is 0 Å². The van der Waals surface area contributed by atoms with Crippen LogP contribution in [-0.4, -0.2) is 5.11 Å². The molecule has 0 aromatic heterocycles. The molecule has 0 aliphatic rings. The monoisotopic (exact) mass is 346 g/mol. The third-order valence-electron chi connectivity index (χ3n) is 5.35. The van der Waals surface area contributed by atoms with E-state index in [1.54, 1.807) is 5.56 Å². The van der Waals surface area contributed by atoms with E-state index in [4.69, 9.17) is 0 Å². The van der Waals surface area contributed by atoms with Gasteiger partial charge in [-0.25, -0.2) is 0 Å². The fourth-order valence-electron chi connectivity index (χ4n) is 3.86. The molecule has 144 valence electrons. The van der Waals surface area contributed by atoms with Crippen LogP contribution in [0.3, 0.4) is 0 Å². The molecule has 1 nitrogen and oxygen atoms in total. The largest absolute Gasteiger partial charge is 0.508 e. The highest BCUT2D eigenvalue weighted by Gasteiger charge is 2.16. The van der Waals surface area contributed by atoms with Gasteiger partial charge in [-0.1, -0.05) is 72.6 Å². The Morgan fingerprint density at radius 2 is 1.16 bits per heavy atom. The van der Waals surface area contributed by atoms with Gasteiger partial charge in [-0.3, -0.25) is 0 Å². The van der Waals surface area contributed by atoms with Crippen LogP contribution < -0.4 is 0 Å². The predicted octanol–water partition coefficient (Wildman–Crippen LogP) is 7.54. The fraction of sp³-hybridized carbons (Fsp3) is 0.750. The van der Waals surface area contributed by atoms with Gasteiger partial charge in [-0.2, -0.15) is 0 Å². The Bertz CT molecular complexity index is 475. The summed E-state index contributed by atoms with van der Waals surface area (Å²) < 4.78 is 0. The number of aromatic hydroxyl groups is 1. The molecule has 0 amide bonds. The summed E-state index contributed by atoms with van der Waals surface area (Å²) in [7, 11) is 0. The van der Waals surface area contributed by atoms with Gasteiger partial charge >= 0.3 is 0 Å². The molecule has 0 bridgehead atoms. The van der Waals surface area contributed by atoms with Crippen LogP contribution in [0.4, 0.5) is 0 Å². The summed E-state index contributed by atoms with van der Waals surface area (Å²) in [5, 5.41) is 10.8. The number of hydrogen-bond acceptors (Lipinski definition) is 1. The Kier molecular flexibility index (Phi) is 11.7. The van der Waals surface area contributed by atoms with Crippen LogP contribution in [0.5, 0.6) is 5.75 Å². The topological polar surface area (TPSA) is 20.2 Å². The van der Waals surface area contributed by atoms with Gasteiger partial charge in [0.2, 0.25) is 0 Å². The highest BCUT2D eigenvalue weighted by molar-refractivity contribution is 5.49. The molecule has 1 rings (SSSR count). The second-order valence-electron chi connectivity index (χ2n) is 7.61. The second kappa shape index (κ2) is 13.3. The molecule has 0 fully saturated rings. The van der Waals surface area contributed by atoms with Crippen molar-refractivity contribution in [3.8, 4) is 5.75 Å². The summed E-state index contributed by atoms with van der Waals surface area (Å²) in [6.07, 6.45) is 17.1. The lowest BCUT2D eigenvalue weighted by molar-refractivity contribution is 0.462. The maximum absolute atomic E-state index is 10.8. The van der Waals surface area contributed by atoms with Gasteiger partial charge in [-0.15, -0.1) is 0 Å². The molecule has 0 saturated heterocycles.